The lowest BCUT2D eigenvalue weighted by Crippen LogP contribution is -2.51. The summed E-state index contributed by atoms with van der Waals surface area (Å²) in [5, 5.41) is 6.29. The van der Waals surface area contributed by atoms with Gasteiger partial charge in [0.1, 0.15) is 0 Å². The van der Waals surface area contributed by atoms with Crippen LogP contribution in [0.15, 0.2) is 24.3 Å². The highest BCUT2D eigenvalue weighted by atomic mass is 16.2. The molecule has 4 heteroatoms. The molecule has 1 saturated heterocycles. The van der Waals surface area contributed by atoms with Gasteiger partial charge in [0.2, 0.25) is 5.91 Å². The van der Waals surface area contributed by atoms with E-state index in [4.69, 9.17) is 0 Å². The number of amides is 1. The van der Waals surface area contributed by atoms with Crippen molar-refractivity contribution in [3.05, 3.63) is 29.8 Å². The normalized spacial score (nSPS) is 20.2. The summed E-state index contributed by atoms with van der Waals surface area (Å²) in [6.07, 6.45) is 1.02. The van der Waals surface area contributed by atoms with Crippen LogP contribution in [0, 0.1) is 0 Å². The van der Waals surface area contributed by atoms with E-state index in [-0.39, 0.29) is 5.91 Å². The Morgan fingerprint density at radius 1 is 1.42 bits per heavy atom. The van der Waals surface area contributed by atoms with Crippen molar-refractivity contribution in [2.45, 2.75) is 26.3 Å². The lowest BCUT2D eigenvalue weighted by Gasteiger charge is -2.33. The van der Waals surface area contributed by atoms with Crippen LogP contribution in [0.25, 0.3) is 0 Å². The minimum Gasteiger partial charge on any atom is -0.325 e. The first-order chi connectivity index (χ1) is 9.19. The highest BCUT2D eigenvalue weighted by Gasteiger charge is 2.20. The number of anilines is 1. The maximum Gasteiger partial charge on any atom is 0.238 e. The van der Waals surface area contributed by atoms with Gasteiger partial charge in [-0.25, -0.2) is 0 Å². The molecule has 1 aliphatic rings. The standard InChI is InChI=1S/C15H23N3O/c1-3-13-4-6-14(7-5-13)17-15(19)11-18-9-8-16-10-12(18)2/h4-7,12,16H,3,8-11H2,1-2H3,(H,17,19)/t12-/m1/s1. The zero-order valence-corrected chi connectivity index (χ0v) is 11.8. The van der Waals surface area contributed by atoms with Crippen molar-refractivity contribution in [3.8, 4) is 0 Å². The molecule has 1 atom stereocenters. The van der Waals surface area contributed by atoms with Crippen molar-refractivity contribution in [2.24, 2.45) is 0 Å². The van der Waals surface area contributed by atoms with Crippen LogP contribution in [0.5, 0.6) is 0 Å². The molecule has 2 rings (SSSR count). The Morgan fingerprint density at radius 2 is 2.16 bits per heavy atom. The summed E-state index contributed by atoms with van der Waals surface area (Å²) in [6.45, 7) is 7.60. The molecule has 1 fully saturated rings. The van der Waals surface area contributed by atoms with Gasteiger partial charge >= 0.3 is 0 Å². The first kappa shape index (κ1) is 14.0. The Balaban J connectivity index is 1.86. The van der Waals surface area contributed by atoms with Gasteiger partial charge in [0.05, 0.1) is 6.54 Å². The Hall–Kier alpha value is -1.39. The van der Waals surface area contributed by atoms with Crippen LogP contribution in [-0.2, 0) is 11.2 Å². The van der Waals surface area contributed by atoms with Gasteiger partial charge < -0.3 is 10.6 Å². The minimum atomic E-state index is 0.0676. The third-order valence-electron chi connectivity index (χ3n) is 3.63. The van der Waals surface area contributed by atoms with Gasteiger partial charge in [-0.1, -0.05) is 19.1 Å². The van der Waals surface area contributed by atoms with Crippen LogP contribution in [0.4, 0.5) is 5.69 Å². The van der Waals surface area contributed by atoms with Crippen molar-refractivity contribution in [1.82, 2.24) is 10.2 Å². The fourth-order valence-corrected chi connectivity index (χ4v) is 2.33. The number of rotatable bonds is 4. The number of nitrogens with zero attached hydrogens (tertiary/aromatic N) is 1. The zero-order valence-electron chi connectivity index (χ0n) is 11.8. The van der Waals surface area contributed by atoms with Gasteiger partial charge in [0.15, 0.2) is 0 Å². The summed E-state index contributed by atoms with van der Waals surface area (Å²) in [4.78, 5) is 14.2. The van der Waals surface area contributed by atoms with Gasteiger partial charge in [0.25, 0.3) is 0 Å². The average molecular weight is 261 g/mol. The molecular formula is C15H23N3O. The predicted molar refractivity (Wildman–Crippen MR) is 78.4 cm³/mol. The molecule has 1 heterocycles. The van der Waals surface area contributed by atoms with E-state index in [2.05, 4.69) is 41.5 Å². The summed E-state index contributed by atoms with van der Waals surface area (Å²) in [5.41, 5.74) is 2.17. The van der Waals surface area contributed by atoms with E-state index in [1.165, 1.54) is 5.56 Å². The highest BCUT2D eigenvalue weighted by Crippen LogP contribution is 2.10. The Bertz CT molecular complexity index is 416. The van der Waals surface area contributed by atoms with Crippen molar-refractivity contribution < 1.29 is 4.79 Å². The molecular weight excluding hydrogens is 238 g/mol. The molecule has 2 N–H and O–H groups in total. The molecule has 0 unspecified atom stereocenters. The quantitative estimate of drug-likeness (QED) is 0.863. The van der Waals surface area contributed by atoms with E-state index in [1.54, 1.807) is 0 Å². The second-order valence-electron chi connectivity index (χ2n) is 5.12. The molecule has 1 aromatic rings. The molecule has 19 heavy (non-hydrogen) atoms. The van der Waals surface area contributed by atoms with E-state index in [9.17, 15) is 4.79 Å². The number of piperazine rings is 1. The predicted octanol–water partition coefficient (Wildman–Crippen LogP) is 1.48. The van der Waals surface area contributed by atoms with Crippen LogP contribution in [0.1, 0.15) is 19.4 Å². The van der Waals surface area contributed by atoms with E-state index >= 15 is 0 Å². The molecule has 0 aliphatic carbocycles. The maximum absolute atomic E-state index is 12.0. The minimum absolute atomic E-state index is 0.0676. The third-order valence-corrected chi connectivity index (χ3v) is 3.63. The van der Waals surface area contributed by atoms with Gasteiger partial charge in [0, 0.05) is 31.4 Å². The number of hydrogen-bond acceptors (Lipinski definition) is 3. The molecule has 0 spiro atoms. The smallest absolute Gasteiger partial charge is 0.238 e. The van der Waals surface area contributed by atoms with Crippen molar-refractivity contribution >= 4 is 11.6 Å². The lowest BCUT2D eigenvalue weighted by molar-refractivity contribution is -0.118. The summed E-state index contributed by atoms with van der Waals surface area (Å²) >= 11 is 0. The van der Waals surface area contributed by atoms with E-state index in [0.717, 1.165) is 31.7 Å². The van der Waals surface area contributed by atoms with Crippen LogP contribution >= 0.6 is 0 Å². The molecule has 104 valence electrons. The Labute approximate surface area is 115 Å². The van der Waals surface area contributed by atoms with E-state index in [0.29, 0.717) is 12.6 Å². The fourth-order valence-electron chi connectivity index (χ4n) is 2.33. The third kappa shape index (κ3) is 4.04. The van der Waals surface area contributed by atoms with Gasteiger partial charge in [-0.2, -0.15) is 0 Å². The van der Waals surface area contributed by atoms with Crippen LogP contribution < -0.4 is 10.6 Å². The molecule has 0 bridgehead atoms. The summed E-state index contributed by atoms with van der Waals surface area (Å²) in [6, 6.07) is 8.48. The SMILES string of the molecule is CCc1ccc(NC(=O)CN2CCNC[C@H]2C)cc1. The first-order valence-corrected chi connectivity index (χ1v) is 7.02. The summed E-state index contributed by atoms with van der Waals surface area (Å²) < 4.78 is 0. The molecule has 1 aromatic carbocycles. The number of aryl methyl sites for hydroxylation is 1. The molecule has 0 saturated carbocycles. The van der Waals surface area contributed by atoms with E-state index < -0.39 is 0 Å². The number of hydrogen-bond donors (Lipinski definition) is 2. The van der Waals surface area contributed by atoms with E-state index in [1.807, 2.05) is 12.1 Å². The second-order valence-corrected chi connectivity index (χ2v) is 5.12. The monoisotopic (exact) mass is 261 g/mol. The zero-order chi connectivity index (χ0) is 13.7. The molecule has 1 aliphatic heterocycles. The number of benzene rings is 1. The van der Waals surface area contributed by atoms with Crippen LogP contribution in [0.3, 0.4) is 0 Å². The van der Waals surface area contributed by atoms with Crippen molar-refractivity contribution in [1.29, 1.82) is 0 Å². The largest absolute Gasteiger partial charge is 0.325 e. The van der Waals surface area contributed by atoms with Crippen molar-refractivity contribution in [3.63, 3.8) is 0 Å². The second kappa shape index (κ2) is 6.68. The first-order valence-electron chi connectivity index (χ1n) is 7.02. The number of carbonyl (C=O) groups excluding carboxylic acids is 1. The topological polar surface area (TPSA) is 44.4 Å². The van der Waals surface area contributed by atoms with Crippen LogP contribution in [-0.4, -0.2) is 43.0 Å². The summed E-state index contributed by atoms with van der Waals surface area (Å²) in [7, 11) is 0. The van der Waals surface area contributed by atoms with Gasteiger partial charge in [-0.05, 0) is 31.0 Å². The number of carbonyl (C=O) groups is 1. The van der Waals surface area contributed by atoms with Crippen molar-refractivity contribution in [2.75, 3.05) is 31.5 Å². The maximum atomic E-state index is 12.0. The Kier molecular flexibility index (Phi) is 4.93. The number of nitrogens with one attached hydrogen (secondary N) is 2. The summed E-state index contributed by atoms with van der Waals surface area (Å²) in [5.74, 6) is 0.0676. The fraction of sp³-hybridized carbons (Fsp3) is 0.533. The Morgan fingerprint density at radius 3 is 2.79 bits per heavy atom. The average Bonchev–Trinajstić information content (AvgIpc) is 2.42. The molecule has 4 nitrogen and oxygen atoms in total. The van der Waals surface area contributed by atoms with Gasteiger partial charge in [-0.3, -0.25) is 9.69 Å². The molecule has 1 amide bonds. The highest BCUT2D eigenvalue weighted by molar-refractivity contribution is 5.92. The lowest BCUT2D eigenvalue weighted by atomic mass is 10.1. The van der Waals surface area contributed by atoms with Gasteiger partial charge in [-0.15, -0.1) is 0 Å². The molecule has 0 aromatic heterocycles. The molecule has 0 radical (unpaired) electrons. The van der Waals surface area contributed by atoms with Crippen LogP contribution in [0.2, 0.25) is 0 Å².